The van der Waals surface area contributed by atoms with E-state index in [0.29, 0.717) is 42.2 Å². The van der Waals surface area contributed by atoms with E-state index >= 15 is 0 Å². The maximum Gasteiger partial charge on any atom is 0.200 e. The monoisotopic (exact) mass is 582 g/mol. The number of ether oxygens (including phenoxy) is 3. The van der Waals surface area contributed by atoms with Crippen molar-refractivity contribution in [3.63, 3.8) is 0 Å². The predicted octanol–water partition coefficient (Wildman–Crippen LogP) is 8.68. The van der Waals surface area contributed by atoms with Crippen LogP contribution in [-0.2, 0) is 31.9 Å². The lowest BCUT2D eigenvalue weighted by Crippen LogP contribution is -2.53. The summed E-state index contributed by atoms with van der Waals surface area (Å²) in [6, 6.07) is 30.4. The third kappa shape index (κ3) is 8.24. The predicted molar refractivity (Wildman–Crippen MR) is 173 cm³/mol. The van der Waals surface area contributed by atoms with Crippen LogP contribution in [0.15, 0.2) is 103 Å². The first-order valence-corrected chi connectivity index (χ1v) is 17.3. The molecule has 3 aromatic rings. The first kappa shape index (κ1) is 31.8. The van der Waals surface area contributed by atoms with Gasteiger partial charge in [-0.1, -0.05) is 126 Å². The van der Waals surface area contributed by atoms with E-state index in [1.165, 1.54) is 0 Å². The standard InChI is InChI=1S/C37H46O4Si/c1-28(2)42(29(3)4,30(5)6)40-27-36-37(39-26-33-20-14-9-15-21-33)35(38-25-32-18-12-8-13-19-32)24-34(41-36)23-22-31-16-10-7-11-17-31/h7-21,24,28-30,35-37H,25-27H2,1-6H3/t35-,36-,37+/m1/s1. The van der Waals surface area contributed by atoms with Gasteiger partial charge in [-0.3, -0.25) is 0 Å². The van der Waals surface area contributed by atoms with Gasteiger partial charge in [-0.2, -0.15) is 0 Å². The highest BCUT2D eigenvalue weighted by atomic mass is 28.4. The summed E-state index contributed by atoms with van der Waals surface area (Å²) in [5.41, 5.74) is 4.53. The van der Waals surface area contributed by atoms with Gasteiger partial charge in [0.15, 0.2) is 11.9 Å². The smallest absolute Gasteiger partial charge is 0.200 e. The molecule has 0 saturated carbocycles. The third-order valence-electron chi connectivity index (χ3n) is 8.16. The van der Waals surface area contributed by atoms with Crippen LogP contribution >= 0.6 is 0 Å². The zero-order valence-corrected chi connectivity index (χ0v) is 27.0. The minimum absolute atomic E-state index is 0.357. The SMILES string of the molecule is CC(C)[Si](OC[C@H]1OC(C#Cc2ccccc2)=C[C@@H](OCc2ccccc2)[C@@H]1OCc1ccccc1)(C(C)C)C(C)C. The van der Waals surface area contributed by atoms with Gasteiger partial charge >= 0.3 is 0 Å². The van der Waals surface area contributed by atoms with Crippen molar-refractivity contribution in [1.82, 2.24) is 0 Å². The number of benzene rings is 3. The molecule has 3 aromatic carbocycles. The Hall–Kier alpha value is -3.14. The zero-order valence-electron chi connectivity index (χ0n) is 26.0. The Bertz CT molecular complexity index is 1290. The fraction of sp³-hybridized carbons (Fsp3) is 0.405. The van der Waals surface area contributed by atoms with E-state index in [9.17, 15) is 0 Å². The molecule has 0 aliphatic carbocycles. The van der Waals surface area contributed by atoms with Crippen LogP contribution in [0.1, 0.15) is 58.2 Å². The molecule has 3 atom stereocenters. The van der Waals surface area contributed by atoms with Gasteiger partial charge in [0.2, 0.25) is 8.32 Å². The van der Waals surface area contributed by atoms with Crippen LogP contribution in [-0.4, -0.2) is 33.2 Å². The summed E-state index contributed by atoms with van der Waals surface area (Å²) in [6.07, 6.45) is 0.880. The second kappa shape index (κ2) is 15.4. The molecular formula is C37H46O4Si. The van der Waals surface area contributed by atoms with Crippen molar-refractivity contribution in [2.75, 3.05) is 6.61 Å². The first-order valence-electron chi connectivity index (χ1n) is 15.2. The van der Waals surface area contributed by atoms with Crippen LogP contribution in [0.3, 0.4) is 0 Å². The van der Waals surface area contributed by atoms with Gasteiger partial charge in [0.25, 0.3) is 0 Å². The molecule has 1 heterocycles. The van der Waals surface area contributed by atoms with Crippen molar-refractivity contribution in [2.24, 2.45) is 0 Å². The van der Waals surface area contributed by atoms with Gasteiger partial charge in [0.1, 0.15) is 12.2 Å². The summed E-state index contributed by atoms with van der Waals surface area (Å²) < 4.78 is 26.9. The second-order valence-electron chi connectivity index (χ2n) is 12.0. The molecule has 0 spiro atoms. The molecule has 0 bridgehead atoms. The van der Waals surface area contributed by atoms with Crippen molar-refractivity contribution < 1.29 is 18.6 Å². The average Bonchev–Trinajstić information content (AvgIpc) is 2.99. The summed E-state index contributed by atoms with van der Waals surface area (Å²) >= 11 is 0. The highest BCUT2D eigenvalue weighted by Crippen LogP contribution is 2.42. The topological polar surface area (TPSA) is 36.9 Å². The maximum absolute atomic E-state index is 7.06. The second-order valence-corrected chi connectivity index (χ2v) is 17.4. The van der Waals surface area contributed by atoms with Gasteiger partial charge in [-0.25, -0.2) is 0 Å². The van der Waals surface area contributed by atoms with E-state index in [2.05, 4.69) is 77.6 Å². The largest absolute Gasteiger partial charge is 0.477 e. The highest BCUT2D eigenvalue weighted by molar-refractivity contribution is 6.77. The van der Waals surface area contributed by atoms with Crippen LogP contribution in [0.25, 0.3) is 0 Å². The molecule has 0 fully saturated rings. The Balaban J connectivity index is 1.66. The van der Waals surface area contributed by atoms with Crippen LogP contribution in [0.2, 0.25) is 16.6 Å². The molecule has 5 heteroatoms. The molecule has 0 aromatic heterocycles. The molecule has 0 N–H and O–H groups in total. The summed E-state index contributed by atoms with van der Waals surface area (Å²) in [5, 5.41) is 0. The summed E-state index contributed by atoms with van der Waals surface area (Å²) in [6.45, 7) is 15.2. The Morgan fingerprint density at radius 2 is 1.17 bits per heavy atom. The number of rotatable bonds is 12. The lowest BCUT2D eigenvalue weighted by molar-refractivity contribution is -0.142. The highest BCUT2D eigenvalue weighted by Gasteiger charge is 2.47. The quantitative estimate of drug-likeness (QED) is 0.158. The van der Waals surface area contributed by atoms with E-state index in [1.54, 1.807) is 0 Å². The van der Waals surface area contributed by atoms with Crippen molar-refractivity contribution in [3.05, 3.63) is 120 Å². The van der Waals surface area contributed by atoms with Crippen LogP contribution < -0.4 is 0 Å². The van der Waals surface area contributed by atoms with Crippen molar-refractivity contribution in [2.45, 2.75) is 89.7 Å². The lowest BCUT2D eigenvalue weighted by atomic mass is 10.0. The molecule has 0 unspecified atom stereocenters. The lowest BCUT2D eigenvalue weighted by Gasteiger charge is -2.44. The van der Waals surface area contributed by atoms with E-state index in [-0.39, 0.29) is 18.3 Å². The summed E-state index contributed by atoms with van der Waals surface area (Å²) in [4.78, 5) is 0. The minimum atomic E-state index is -2.15. The van der Waals surface area contributed by atoms with E-state index < -0.39 is 8.32 Å². The number of allylic oxidation sites excluding steroid dienone is 1. The Kier molecular flexibility index (Phi) is 11.6. The van der Waals surface area contributed by atoms with Gasteiger partial charge in [0.05, 0.1) is 19.8 Å². The Morgan fingerprint density at radius 1 is 0.667 bits per heavy atom. The summed E-state index contributed by atoms with van der Waals surface area (Å²) in [7, 11) is -2.15. The molecular weight excluding hydrogens is 536 g/mol. The maximum atomic E-state index is 7.06. The van der Waals surface area contributed by atoms with Gasteiger partial charge < -0.3 is 18.6 Å². The molecule has 0 radical (unpaired) electrons. The number of hydrogen-bond acceptors (Lipinski definition) is 4. The molecule has 4 rings (SSSR count). The van der Waals surface area contributed by atoms with Crippen LogP contribution in [0.4, 0.5) is 0 Å². The van der Waals surface area contributed by atoms with Crippen molar-refractivity contribution >= 4 is 8.32 Å². The molecule has 4 nitrogen and oxygen atoms in total. The summed E-state index contributed by atoms with van der Waals surface area (Å²) in [5.74, 6) is 7.12. The molecule has 0 saturated heterocycles. The fourth-order valence-electron chi connectivity index (χ4n) is 6.19. The molecule has 0 amide bonds. The van der Waals surface area contributed by atoms with E-state index in [0.717, 1.165) is 16.7 Å². The number of hydrogen-bond donors (Lipinski definition) is 0. The average molecular weight is 583 g/mol. The van der Waals surface area contributed by atoms with E-state index in [1.807, 2.05) is 72.8 Å². The molecule has 1 aliphatic rings. The zero-order chi connectivity index (χ0) is 30.0. The van der Waals surface area contributed by atoms with Crippen molar-refractivity contribution in [3.8, 4) is 11.8 Å². The van der Waals surface area contributed by atoms with Crippen molar-refractivity contribution in [1.29, 1.82) is 0 Å². The van der Waals surface area contributed by atoms with Gasteiger partial charge in [-0.15, -0.1) is 0 Å². The molecule has 222 valence electrons. The third-order valence-corrected chi connectivity index (χ3v) is 14.2. The van der Waals surface area contributed by atoms with Crippen LogP contribution in [0.5, 0.6) is 0 Å². The van der Waals surface area contributed by atoms with Gasteiger partial charge in [-0.05, 0) is 51.9 Å². The minimum Gasteiger partial charge on any atom is -0.477 e. The Morgan fingerprint density at radius 3 is 1.69 bits per heavy atom. The molecule has 1 aliphatic heterocycles. The molecule has 42 heavy (non-hydrogen) atoms. The Labute approximate surface area is 254 Å². The fourth-order valence-corrected chi connectivity index (χ4v) is 11.6. The first-order chi connectivity index (χ1) is 20.3. The van der Waals surface area contributed by atoms with Gasteiger partial charge in [0, 0.05) is 5.56 Å². The normalized spacial score (nSPS) is 18.9. The van der Waals surface area contributed by atoms with E-state index in [4.69, 9.17) is 18.6 Å². The van der Waals surface area contributed by atoms with Crippen LogP contribution in [0, 0.1) is 11.8 Å².